The van der Waals surface area contributed by atoms with Crippen LogP contribution in [0.3, 0.4) is 0 Å². The fourth-order valence-electron chi connectivity index (χ4n) is 1.13. The van der Waals surface area contributed by atoms with E-state index in [1.165, 1.54) is 0 Å². The molecule has 0 radical (unpaired) electrons. The van der Waals surface area contributed by atoms with Crippen molar-refractivity contribution >= 4 is 11.8 Å². The molecule has 0 aromatic heterocycles. The normalized spacial score (nSPS) is 33.0. The molecule has 0 aromatic carbocycles. The molecule has 0 saturated carbocycles. The zero-order chi connectivity index (χ0) is 7.40. The molecule has 60 valence electrons. The fraction of sp³-hybridized carbons (Fsp3) is 1.00. The van der Waals surface area contributed by atoms with E-state index in [0.717, 1.165) is 24.5 Å². The molecule has 1 N–H and O–H groups in total. The summed E-state index contributed by atoms with van der Waals surface area (Å²) in [5, 5.41) is 9.34. The number of aliphatic hydroxyl groups excluding tert-OH is 1. The highest BCUT2D eigenvalue weighted by molar-refractivity contribution is 7.99. The van der Waals surface area contributed by atoms with E-state index in [-0.39, 0.29) is 6.10 Å². The molecule has 1 rings (SSSR count). The Morgan fingerprint density at radius 2 is 2.40 bits per heavy atom. The fourth-order valence-corrected chi connectivity index (χ4v) is 2.47. The predicted molar refractivity (Wildman–Crippen MR) is 43.3 cm³/mol. The van der Waals surface area contributed by atoms with Crippen molar-refractivity contribution in [3.8, 4) is 0 Å². The van der Waals surface area contributed by atoms with E-state index >= 15 is 0 Å². The molecule has 0 aliphatic carbocycles. The second-order valence-corrected chi connectivity index (χ2v) is 3.72. The van der Waals surface area contributed by atoms with Crippen molar-refractivity contribution in [3.05, 3.63) is 0 Å². The van der Waals surface area contributed by atoms with Gasteiger partial charge in [0.15, 0.2) is 0 Å². The highest BCUT2D eigenvalue weighted by atomic mass is 32.2. The number of ether oxygens (including phenoxy) is 1. The first-order valence-corrected chi connectivity index (χ1v) is 4.75. The van der Waals surface area contributed by atoms with E-state index in [0.29, 0.717) is 5.92 Å². The van der Waals surface area contributed by atoms with Crippen LogP contribution in [-0.4, -0.2) is 36.4 Å². The minimum absolute atomic E-state index is 0.0832. The van der Waals surface area contributed by atoms with Gasteiger partial charge in [-0.1, -0.05) is 0 Å². The molecule has 1 aliphatic rings. The van der Waals surface area contributed by atoms with Gasteiger partial charge in [0.25, 0.3) is 0 Å². The van der Waals surface area contributed by atoms with Crippen LogP contribution in [0.15, 0.2) is 0 Å². The molecule has 3 heteroatoms. The number of aliphatic hydroxyl groups is 1. The molecule has 1 saturated heterocycles. The van der Waals surface area contributed by atoms with Crippen LogP contribution in [0, 0.1) is 5.92 Å². The maximum absolute atomic E-state index is 9.34. The van der Waals surface area contributed by atoms with Crippen molar-refractivity contribution < 1.29 is 9.84 Å². The molecule has 1 fully saturated rings. The molecule has 2 nitrogen and oxygen atoms in total. The van der Waals surface area contributed by atoms with Crippen molar-refractivity contribution in [3.63, 3.8) is 0 Å². The van der Waals surface area contributed by atoms with Gasteiger partial charge in [-0.05, 0) is 18.1 Å². The lowest BCUT2D eigenvalue weighted by Crippen LogP contribution is -2.18. The van der Waals surface area contributed by atoms with E-state index in [1.807, 2.05) is 11.8 Å². The van der Waals surface area contributed by atoms with Crippen molar-refractivity contribution in [1.29, 1.82) is 0 Å². The Kier molecular flexibility index (Phi) is 3.52. The Hall–Kier alpha value is 0.270. The van der Waals surface area contributed by atoms with Gasteiger partial charge in [0, 0.05) is 19.5 Å². The van der Waals surface area contributed by atoms with Gasteiger partial charge in [0.05, 0.1) is 6.10 Å². The first-order valence-electron chi connectivity index (χ1n) is 3.59. The average Bonchev–Trinajstić information content (AvgIpc) is 2.31. The Labute approximate surface area is 66.0 Å². The quantitative estimate of drug-likeness (QED) is 0.664. The van der Waals surface area contributed by atoms with E-state index < -0.39 is 0 Å². The van der Waals surface area contributed by atoms with E-state index in [9.17, 15) is 5.11 Å². The van der Waals surface area contributed by atoms with Gasteiger partial charge in [-0.3, -0.25) is 0 Å². The highest BCUT2D eigenvalue weighted by Gasteiger charge is 2.24. The van der Waals surface area contributed by atoms with Crippen LogP contribution in [0.2, 0.25) is 0 Å². The summed E-state index contributed by atoms with van der Waals surface area (Å²) < 4.78 is 4.93. The van der Waals surface area contributed by atoms with Crippen LogP contribution < -0.4 is 0 Å². The third-order valence-corrected chi connectivity index (χ3v) is 3.10. The van der Waals surface area contributed by atoms with Gasteiger partial charge in [-0.2, -0.15) is 11.8 Å². The van der Waals surface area contributed by atoms with Crippen LogP contribution in [0.25, 0.3) is 0 Å². The van der Waals surface area contributed by atoms with Crippen LogP contribution >= 0.6 is 11.8 Å². The topological polar surface area (TPSA) is 29.5 Å². The minimum Gasteiger partial charge on any atom is -0.392 e. The Balaban J connectivity index is 2.14. The van der Waals surface area contributed by atoms with Gasteiger partial charge in [-0.15, -0.1) is 0 Å². The van der Waals surface area contributed by atoms with E-state index in [1.54, 1.807) is 7.11 Å². The van der Waals surface area contributed by atoms with E-state index in [2.05, 4.69) is 0 Å². The van der Waals surface area contributed by atoms with E-state index in [4.69, 9.17) is 4.74 Å². The lowest BCUT2D eigenvalue weighted by atomic mass is 10.0. The van der Waals surface area contributed by atoms with Crippen molar-refractivity contribution in [2.75, 3.05) is 25.2 Å². The molecule has 0 amide bonds. The molecule has 10 heavy (non-hydrogen) atoms. The Bertz CT molecular complexity index is 97.6. The molecule has 0 aromatic rings. The van der Waals surface area contributed by atoms with Crippen molar-refractivity contribution in [2.24, 2.45) is 5.92 Å². The number of rotatable bonds is 3. The van der Waals surface area contributed by atoms with Gasteiger partial charge in [0.1, 0.15) is 0 Å². The number of hydrogen-bond donors (Lipinski definition) is 1. The zero-order valence-corrected chi connectivity index (χ0v) is 7.06. The molecule has 0 spiro atoms. The van der Waals surface area contributed by atoms with Crippen LogP contribution in [-0.2, 0) is 4.74 Å². The van der Waals surface area contributed by atoms with Gasteiger partial charge >= 0.3 is 0 Å². The summed E-state index contributed by atoms with van der Waals surface area (Å²) in [5.41, 5.74) is 0. The molecule has 1 aliphatic heterocycles. The largest absolute Gasteiger partial charge is 0.392 e. The van der Waals surface area contributed by atoms with Crippen LogP contribution in [0.4, 0.5) is 0 Å². The summed E-state index contributed by atoms with van der Waals surface area (Å²) in [6.45, 7) is 0.780. The minimum atomic E-state index is -0.0832. The summed E-state index contributed by atoms with van der Waals surface area (Å²) in [4.78, 5) is 0. The van der Waals surface area contributed by atoms with Crippen LogP contribution in [0.5, 0.6) is 0 Å². The van der Waals surface area contributed by atoms with Crippen molar-refractivity contribution in [1.82, 2.24) is 0 Å². The monoisotopic (exact) mass is 162 g/mol. The smallest absolute Gasteiger partial charge is 0.0667 e. The first kappa shape index (κ1) is 8.37. The maximum atomic E-state index is 9.34. The summed E-state index contributed by atoms with van der Waals surface area (Å²) >= 11 is 1.84. The standard InChI is InChI=1S/C7H14O2S/c1-9-3-2-6-4-10-5-7(6)8/h6-8H,2-5H2,1H3. The third kappa shape index (κ3) is 2.15. The second-order valence-electron chi connectivity index (χ2n) is 2.65. The zero-order valence-electron chi connectivity index (χ0n) is 6.25. The Morgan fingerprint density at radius 1 is 1.60 bits per heavy atom. The SMILES string of the molecule is COCCC1CSCC1O. The summed E-state index contributed by atoms with van der Waals surface area (Å²) in [5.74, 6) is 2.49. The average molecular weight is 162 g/mol. The lowest BCUT2D eigenvalue weighted by molar-refractivity contribution is 0.113. The highest BCUT2D eigenvalue weighted by Crippen LogP contribution is 2.26. The summed E-state index contributed by atoms with van der Waals surface area (Å²) in [6.07, 6.45) is 0.921. The van der Waals surface area contributed by atoms with Crippen LogP contribution in [0.1, 0.15) is 6.42 Å². The molecular weight excluding hydrogens is 148 g/mol. The molecule has 1 heterocycles. The van der Waals surface area contributed by atoms with Gasteiger partial charge < -0.3 is 9.84 Å². The number of methoxy groups -OCH3 is 1. The lowest BCUT2D eigenvalue weighted by Gasteiger charge is -2.11. The molecule has 2 atom stereocenters. The third-order valence-electron chi connectivity index (χ3n) is 1.86. The number of thioether (sulfide) groups is 1. The molecule has 0 bridgehead atoms. The second kappa shape index (κ2) is 4.21. The maximum Gasteiger partial charge on any atom is 0.0667 e. The van der Waals surface area contributed by atoms with Gasteiger partial charge in [-0.25, -0.2) is 0 Å². The van der Waals surface area contributed by atoms with Gasteiger partial charge in [0.2, 0.25) is 0 Å². The van der Waals surface area contributed by atoms with Crippen molar-refractivity contribution in [2.45, 2.75) is 12.5 Å². The number of hydrogen-bond acceptors (Lipinski definition) is 3. The summed E-state index contributed by atoms with van der Waals surface area (Å²) in [7, 11) is 1.70. The molecule has 2 unspecified atom stereocenters. The molecular formula is C7H14O2S. The Morgan fingerprint density at radius 3 is 2.90 bits per heavy atom. The predicted octanol–water partition coefficient (Wildman–Crippen LogP) is 0.747. The summed E-state index contributed by atoms with van der Waals surface area (Å²) in [6, 6.07) is 0. The first-order chi connectivity index (χ1) is 4.84.